The van der Waals surface area contributed by atoms with Crippen LogP contribution in [-0.4, -0.2) is 28.3 Å². The second kappa shape index (κ2) is 5.09. The second-order valence-electron chi connectivity index (χ2n) is 3.34. The van der Waals surface area contributed by atoms with Gasteiger partial charge in [-0.15, -0.1) is 10.2 Å². The molecule has 0 radical (unpaired) electrons. The maximum atomic E-state index is 11.5. The van der Waals surface area contributed by atoms with Crippen molar-refractivity contribution in [2.24, 2.45) is 0 Å². The number of nitrogens with one attached hydrogen (secondary N) is 2. The number of aromatic nitrogens is 3. The molecule has 2 N–H and O–H groups in total. The van der Waals surface area contributed by atoms with Gasteiger partial charge in [0.25, 0.3) is 5.56 Å². The highest BCUT2D eigenvalue weighted by Crippen LogP contribution is 2.18. The summed E-state index contributed by atoms with van der Waals surface area (Å²) >= 11 is 0. The van der Waals surface area contributed by atoms with Crippen LogP contribution in [0.4, 0.5) is 11.6 Å². The van der Waals surface area contributed by atoms with E-state index in [2.05, 4.69) is 25.2 Å². The third kappa shape index (κ3) is 2.51. The Balaban J connectivity index is 2.34. The molecule has 0 amide bonds. The lowest BCUT2D eigenvalue weighted by Crippen LogP contribution is -2.12. The summed E-state index contributed by atoms with van der Waals surface area (Å²) in [4.78, 5) is 25.0. The summed E-state index contributed by atoms with van der Waals surface area (Å²) in [5.41, 5.74) is 0.426. The van der Waals surface area contributed by atoms with E-state index in [9.17, 15) is 9.59 Å². The SMILES string of the molecule is COC(=O)c1ccccc1Nc1nncc(=O)[nH]1. The smallest absolute Gasteiger partial charge is 0.339 e. The minimum Gasteiger partial charge on any atom is -0.465 e. The van der Waals surface area contributed by atoms with Gasteiger partial charge in [-0.25, -0.2) is 4.79 Å². The summed E-state index contributed by atoms with van der Waals surface area (Å²) in [6.07, 6.45) is 1.05. The van der Waals surface area contributed by atoms with E-state index in [1.165, 1.54) is 7.11 Å². The number of methoxy groups -OCH3 is 1. The average Bonchev–Trinajstić information content (AvgIpc) is 2.38. The molecule has 92 valence electrons. The van der Waals surface area contributed by atoms with Gasteiger partial charge in [-0.05, 0) is 12.1 Å². The highest BCUT2D eigenvalue weighted by molar-refractivity contribution is 5.96. The lowest BCUT2D eigenvalue weighted by Gasteiger charge is -2.08. The number of aromatic amines is 1. The molecule has 18 heavy (non-hydrogen) atoms. The van der Waals surface area contributed by atoms with Crippen LogP contribution in [0.5, 0.6) is 0 Å². The van der Waals surface area contributed by atoms with E-state index in [0.29, 0.717) is 11.3 Å². The molecule has 0 bridgehead atoms. The van der Waals surface area contributed by atoms with E-state index in [1.54, 1.807) is 24.3 Å². The van der Waals surface area contributed by atoms with Gasteiger partial charge in [0.15, 0.2) is 0 Å². The molecule has 0 fully saturated rings. The van der Waals surface area contributed by atoms with Crippen LogP contribution in [0.2, 0.25) is 0 Å². The number of benzene rings is 1. The van der Waals surface area contributed by atoms with Gasteiger partial charge in [0.1, 0.15) is 6.20 Å². The molecular weight excluding hydrogens is 236 g/mol. The Bertz CT molecular complexity index is 623. The molecule has 2 aromatic rings. The molecule has 0 spiro atoms. The van der Waals surface area contributed by atoms with Crippen molar-refractivity contribution in [1.82, 2.24) is 15.2 Å². The minimum absolute atomic E-state index is 0.152. The summed E-state index contributed by atoms with van der Waals surface area (Å²) in [7, 11) is 1.29. The molecule has 7 heteroatoms. The molecule has 0 saturated heterocycles. The van der Waals surface area contributed by atoms with Gasteiger partial charge < -0.3 is 10.1 Å². The van der Waals surface area contributed by atoms with Gasteiger partial charge >= 0.3 is 5.97 Å². The molecule has 0 saturated carbocycles. The minimum atomic E-state index is -0.482. The third-order valence-electron chi connectivity index (χ3n) is 2.16. The maximum Gasteiger partial charge on any atom is 0.339 e. The summed E-state index contributed by atoms with van der Waals surface area (Å²) in [6.45, 7) is 0. The second-order valence-corrected chi connectivity index (χ2v) is 3.34. The first-order chi connectivity index (χ1) is 8.70. The van der Waals surface area contributed by atoms with Crippen molar-refractivity contribution in [3.8, 4) is 0 Å². The highest BCUT2D eigenvalue weighted by atomic mass is 16.5. The molecule has 0 aliphatic carbocycles. The first kappa shape index (κ1) is 11.8. The van der Waals surface area contributed by atoms with Crippen molar-refractivity contribution in [1.29, 1.82) is 0 Å². The van der Waals surface area contributed by atoms with Crippen LogP contribution in [0.15, 0.2) is 35.3 Å². The Morgan fingerprint density at radius 3 is 2.89 bits per heavy atom. The molecule has 1 heterocycles. The van der Waals surface area contributed by atoms with Gasteiger partial charge in [-0.2, -0.15) is 0 Å². The number of carbonyl (C=O) groups is 1. The average molecular weight is 246 g/mol. The third-order valence-corrected chi connectivity index (χ3v) is 2.16. The van der Waals surface area contributed by atoms with Gasteiger partial charge in [0.05, 0.1) is 18.4 Å². The Morgan fingerprint density at radius 2 is 2.17 bits per heavy atom. The van der Waals surface area contributed by atoms with Crippen LogP contribution >= 0.6 is 0 Å². The van der Waals surface area contributed by atoms with Crippen LogP contribution in [0.25, 0.3) is 0 Å². The number of ether oxygens (including phenoxy) is 1. The van der Waals surface area contributed by atoms with Crippen LogP contribution in [-0.2, 0) is 4.74 Å². The number of hydrogen-bond acceptors (Lipinski definition) is 6. The molecule has 0 unspecified atom stereocenters. The van der Waals surface area contributed by atoms with Crippen molar-refractivity contribution in [3.05, 3.63) is 46.4 Å². The predicted octanol–water partition coefficient (Wildman–Crippen LogP) is 0.695. The lowest BCUT2D eigenvalue weighted by molar-refractivity contribution is 0.0602. The van der Waals surface area contributed by atoms with Crippen molar-refractivity contribution in [2.75, 3.05) is 12.4 Å². The van der Waals surface area contributed by atoms with Crippen LogP contribution in [0.3, 0.4) is 0 Å². The zero-order valence-corrected chi connectivity index (χ0v) is 9.51. The van der Waals surface area contributed by atoms with Crippen LogP contribution in [0.1, 0.15) is 10.4 Å². The maximum absolute atomic E-state index is 11.5. The zero-order valence-electron chi connectivity index (χ0n) is 9.51. The standard InChI is InChI=1S/C11H10N4O3/c1-18-10(17)7-4-2-3-5-8(7)13-11-14-9(16)6-12-15-11/h2-6H,1H3,(H2,13,14,15,16). The van der Waals surface area contributed by atoms with Crippen LogP contribution < -0.4 is 10.9 Å². The molecule has 0 aliphatic rings. The summed E-state index contributed by atoms with van der Waals surface area (Å²) in [5.74, 6) is -0.330. The monoisotopic (exact) mass is 246 g/mol. The first-order valence-electron chi connectivity index (χ1n) is 5.07. The van der Waals surface area contributed by atoms with E-state index < -0.39 is 5.97 Å². The molecule has 1 aromatic carbocycles. The number of nitrogens with zero attached hydrogens (tertiary/aromatic N) is 2. The Hall–Kier alpha value is -2.70. The van der Waals surface area contributed by atoms with E-state index in [-0.39, 0.29) is 11.5 Å². The summed E-state index contributed by atoms with van der Waals surface area (Å²) < 4.78 is 4.65. The number of esters is 1. The number of anilines is 2. The predicted molar refractivity (Wildman–Crippen MR) is 63.7 cm³/mol. The van der Waals surface area contributed by atoms with E-state index >= 15 is 0 Å². The first-order valence-corrected chi connectivity index (χ1v) is 5.07. The fraction of sp³-hybridized carbons (Fsp3) is 0.0909. The molecule has 7 nitrogen and oxygen atoms in total. The van der Waals surface area contributed by atoms with Gasteiger partial charge in [0, 0.05) is 0 Å². The number of H-pyrrole nitrogens is 1. The van der Waals surface area contributed by atoms with Crippen molar-refractivity contribution in [3.63, 3.8) is 0 Å². The van der Waals surface area contributed by atoms with Crippen molar-refractivity contribution >= 4 is 17.6 Å². The zero-order chi connectivity index (χ0) is 13.0. The Labute approximate surface area is 102 Å². The van der Waals surface area contributed by atoms with Gasteiger partial charge in [-0.1, -0.05) is 12.1 Å². The molecule has 1 aromatic heterocycles. The fourth-order valence-corrected chi connectivity index (χ4v) is 1.38. The summed E-state index contributed by atoms with van der Waals surface area (Å²) in [6, 6.07) is 6.71. The molecule has 2 rings (SSSR count). The van der Waals surface area contributed by atoms with E-state index in [4.69, 9.17) is 0 Å². The number of hydrogen-bond donors (Lipinski definition) is 2. The Morgan fingerprint density at radius 1 is 1.39 bits per heavy atom. The van der Waals surface area contributed by atoms with E-state index in [0.717, 1.165) is 6.20 Å². The van der Waals surface area contributed by atoms with E-state index in [1.807, 2.05) is 0 Å². The summed E-state index contributed by atoms with van der Waals surface area (Å²) in [5, 5.41) is 9.99. The highest BCUT2D eigenvalue weighted by Gasteiger charge is 2.11. The number of rotatable bonds is 3. The molecule has 0 aliphatic heterocycles. The normalized spacial score (nSPS) is 9.83. The number of carbonyl (C=O) groups excluding carboxylic acids is 1. The molecular formula is C11H10N4O3. The largest absolute Gasteiger partial charge is 0.465 e. The van der Waals surface area contributed by atoms with Gasteiger partial charge in [-0.3, -0.25) is 9.78 Å². The Kier molecular flexibility index (Phi) is 3.33. The quantitative estimate of drug-likeness (QED) is 0.773. The molecule has 0 atom stereocenters. The number of para-hydroxylation sites is 1. The fourth-order valence-electron chi connectivity index (χ4n) is 1.38. The van der Waals surface area contributed by atoms with Crippen LogP contribution in [0, 0.1) is 0 Å². The lowest BCUT2D eigenvalue weighted by atomic mass is 10.2. The van der Waals surface area contributed by atoms with Crippen molar-refractivity contribution < 1.29 is 9.53 Å². The van der Waals surface area contributed by atoms with Crippen molar-refractivity contribution in [2.45, 2.75) is 0 Å². The van der Waals surface area contributed by atoms with Gasteiger partial charge in [0.2, 0.25) is 5.95 Å². The topological polar surface area (TPSA) is 97.0 Å².